The molecule has 48 heavy (non-hydrogen) atoms. The fourth-order valence-corrected chi connectivity index (χ4v) is 6.04. The number of pyridine rings is 1. The fraction of sp³-hybridized carbons (Fsp3) is 0.400. The minimum Gasteiger partial charge on any atom is -0.478 e. The Balaban J connectivity index is 0.00000520. The zero-order chi connectivity index (χ0) is 33.3. The van der Waals surface area contributed by atoms with Gasteiger partial charge in [-0.1, -0.05) is 24.3 Å². The Morgan fingerprint density at radius 3 is 2.35 bits per heavy atom. The van der Waals surface area contributed by atoms with E-state index in [0.717, 1.165) is 48.1 Å². The van der Waals surface area contributed by atoms with Gasteiger partial charge in [-0.3, -0.25) is 9.59 Å². The second kappa shape index (κ2) is 17.5. The molecule has 5 rings (SSSR count). The van der Waals surface area contributed by atoms with Crippen LogP contribution in [0.5, 0.6) is 5.88 Å². The molecule has 0 unspecified atom stereocenters. The number of carbonyl (C=O) groups is 2. The lowest BCUT2D eigenvalue weighted by Crippen LogP contribution is -2.50. The third-order valence-electron chi connectivity index (χ3n) is 8.60. The van der Waals surface area contributed by atoms with E-state index in [-0.39, 0.29) is 35.9 Å². The number of carbonyl (C=O) groups excluding carboxylic acids is 2. The van der Waals surface area contributed by atoms with Crippen LogP contribution < -0.4 is 21.1 Å². The molecular weight excluding hydrogens is 651 g/mol. The van der Waals surface area contributed by atoms with Crippen molar-refractivity contribution in [3.05, 3.63) is 77.7 Å². The van der Waals surface area contributed by atoms with Gasteiger partial charge in [-0.05, 0) is 118 Å². The van der Waals surface area contributed by atoms with E-state index in [1.54, 1.807) is 30.5 Å². The van der Waals surface area contributed by atoms with Gasteiger partial charge in [0.05, 0.1) is 18.3 Å². The van der Waals surface area contributed by atoms with Gasteiger partial charge in [-0.25, -0.2) is 9.88 Å². The third-order valence-corrected chi connectivity index (χ3v) is 8.77. The second-order valence-corrected chi connectivity index (χ2v) is 12.7. The van der Waals surface area contributed by atoms with Gasteiger partial charge in [0.15, 0.2) is 5.82 Å². The van der Waals surface area contributed by atoms with Crippen molar-refractivity contribution in [3.8, 4) is 28.4 Å². The zero-order valence-corrected chi connectivity index (χ0v) is 28.9. The molecule has 1 aliphatic carbocycles. The molecule has 0 radical (unpaired) electrons. The number of amides is 2. The molecule has 0 spiro atoms. The number of rotatable bonds is 13. The number of nitrogens with two attached hydrogens (primary N) is 2. The van der Waals surface area contributed by atoms with E-state index in [2.05, 4.69) is 25.1 Å². The summed E-state index contributed by atoms with van der Waals surface area (Å²) in [6, 6.07) is 17.7. The van der Waals surface area contributed by atoms with Gasteiger partial charge in [0.2, 0.25) is 17.1 Å². The molecule has 256 valence electrons. The molecule has 0 saturated heterocycles. The van der Waals surface area contributed by atoms with Crippen LogP contribution in [0.15, 0.2) is 66.9 Å². The monoisotopic (exact) mass is 694 g/mol. The molecule has 11 nitrogen and oxygen atoms in total. The van der Waals surface area contributed by atoms with Crippen molar-refractivity contribution >= 4 is 41.5 Å². The summed E-state index contributed by atoms with van der Waals surface area (Å²) in [6.45, 7) is 2.15. The van der Waals surface area contributed by atoms with Crippen molar-refractivity contribution in [1.29, 1.82) is 0 Å². The standard InChI is InChI=1S/C35H43ClN8O3.ClH/c1-43(2)17-4-18-47-31-16-13-28(22-39-31)27-6-3-5-24(19-27)20-30(38)34(46)44(33(45)26-9-7-23(21-37)8-10-26)29-14-11-25(12-15-29)32-40-35(36)42-41-32;/h3,5-6,11-16,19,22-23,26,30H,4,7-10,17-18,20-21,37-38H2,1-2H3,(H,40,41,42);1H/t23-,26-,30-;/m0./s1. The molecule has 1 atom stereocenters. The largest absolute Gasteiger partial charge is 0.478 e. The van der Waals surface area contributed by atoms with Crippen molar-refractivity contribution in [2.75, 3.05) is 38.7 Å². The van der Waals surface area contributed by atoms with E-state index in [1.165, 1.54) is 4.90 Å². The topological polar surface area (TPSA) is 156 Å². The molecular formula is C35H44Cl2N8O3. The van der Waals surface area contributed by atoms with Crippen molar-refractivity contribution in [3.63, 3.8) is 0 Å². The molecule has 0 aliphatic heterocycles. The Morgan fingerprint density at radius 2 is 1.73 bits per heavy atom. The summed E-state index contributed by atoms with van der Waals surface area (Å²) in [5.74, 6) is 0.500. The van der Waals surface area contributed by atoms with E-state index < -0.39 is 11.9 Å². The predicted molar refractivity (Wildman–Crippen MR) is 191 cm³/mol. The van der Waals surface area contributed by atoms with E-state index >= 15 is 0 Å². The Hall–Kier alpha value is -3.87. The minimum absolute atomic E-state index is 0. The summed E-state index contributed by atoms with van der Waals surface area (Å²) in [5, 5.41) is 7.99. The first-order chi connectivity index (χ1) is 22.7. The lowest BCUT2D eigenvalue weighted by atomic mass is 9.81. The van der Waals surface area contributed by atoms with E-state index in [4.69, 9.17) is 27.8 Å². The molecule has 1 fully saturated rings. The van der Waals surface area contributed by atoms with E-state index in [1.807, 2.05) is 50.5 Å². The molecule has 2 aromatic carbocycles. The summed E-state index contributed by atoms with van der Waals surface area (Å²) in [4.78, 5) is 38.7. The van der Waals surface area contributed by atoms with E-state index in [9.17, 15) is 9.59 Å². The molecule has 2 aromatic heterocycles. The van der Waals surface area contributed by atoms with Crippen LogP contribution in [0.1, 0.15) is 37.7 Å². The number of aromatic nitrogens is 4. The van der Waals surface area contributed by atoms with Crippen LogP contribution in [0.4, 0.5) is 5.69 Å². The van der Waals surface area contributed by atoms with Crippen LogP contribution in [0.25, 0.3) is 22.5 Å². The van der Waals surface area contributed by atoms with Gasteiger partial charge in [-0.2, -0.15) is 0 Å². The van der Waals surface area contributed by atoms with Crippen LogP contribution in [-0.4, -0.2) is 76.7 Å². The maximum absolute atomic E-state index is 14.0. The Kier molecular flexibility index (Phi) is 13.5. The number of benzene rings is 2. The number of hydrogen-bond acceptors (Lipinski definition) is 9. The normalized spacial score (nSPS) is 16.6. The predicted octanol–water partition coefficient (Wildman–Crippen LogP) is 5.13. The highest BCUT2D eigenvalue weighted by atomic mass is 35.5. The number of imide groups is 1. The van der Waals surface area contributed by atoms with Crippen LogP contribution >= 0.6 is 24.0 Å². The molecule has 0 bridgehead atoms. The fourth-order valence-electron chi connectivity index (χ4n) is 5.91. The highest BCUT2D eigenvalue weighted by Crippen LogP contribution is 2.32. The summed E-state index contributed by atoms with van der Waals surface area (Å²) < 4.78 is 5.77. The molecule has 1 saturated carbocycles. The lowest BCUT2D eigenvalue weighted by molar-refractivity contribution is -0.130. The maximum atomic E-state index is 14.0. The molecule has 2 amide bonds. The smallest absolute Gasteiger partial charge is 0.251 e. The lowest BCUT2D eigenvalue weighted by Gasteiger charge is -2.32. The highest BCUT2D eigenvalue weighted by molar-refractivity contribution is 6.28. The van der Waals surface area contributed by atoms with Gasteiger partial charge in [0.1, 0.15) is 0 Å². The van der Waals surface area contributed by atoms with E-state index in [0.29, 0.717) is 49.3 Å². The quantitative estimate of drug-likeness (QED) is 0.161. The molecule has 13 heteroatoms. The van der Waals surface area contributed by atoms with Crippen molar-refractivity contribution < 1.29 is 14.3 Å². The van der Waals surface area contributed by atoms with Crippen molar-refractivity contribution in [2.24, 2.45) is 23.3 Å². The number of ether oxygens (including phenoxy) is 1. The number of H-pyrrole nitrogens is 1. The van der Waals surface area contributed by atoms with Crippen LogP contribution in [-0.2, 0) is 16.0 Å². The first-order valence-electron chi connectivity index (χ1n) is 16.1. The average Bonchev–Trinajstić information content (AvgIpc) is 3.53. The first kappa shape index (κ1) is 37.0. The summed E-state index contributed by atoms with van der Waals surface area (Å²) in [7, 11) is 4.07. The van der Waals surface area contributed by atoms with Gasteiger partial charge >= 0.3 is 0 Å². The van der Waals surface area contributed by atoms with Gasteiger partial charge in [0, 0.05) is 35.9 Å². The van der Waals surface area contributed by atoms with Crippen molar-refractivity contribution in [2.45, 2.75) is 44.6 Å². The Labute approximate surface area is 292 Å². The third kappa shape index (κ3) is 9.61. The first-order valence-corrected chi connectivity index (χ1v) is 16.4. The van der Waals surface area contributed by atoms with Crippen molar-refractivity contribution in [1.82, 2.24) is 25.1 Å². The van der Waals surface area contributed by atoms with Crippen LogP contribution in [0.2, 0.25) is 5.28 Å². The molecule has 4 aromatic rings. The van der Waals surface area contributed by atoms with Gasteiger partial charge in [-0.15, -0.1) is 22.6 Å². The second-order valence-electron chi connectivity index (χ2n) is 12.4. The zero-order valence-electron chi connectivity index (χ0n) is 27.3. The summed E-state index contributed by atoms with van der Waals surface area (Å²) in [6.07, 6.45) is 6.04. The minimum atomic E-state index is -0.946. The SMILES string of the molecule is CN(C)CCCOc1ccc(-c2cccc(C[C@H](N)C(=O)N(c3ccc(-c4nnc(Cl)[nH]4)cc3)C(=O)[C@H]3CC[C@H](CN)CC3)c2)cn1.Cl. The number of anilines is 1. The van der Waals surface area contributed by atoms with Gasteiger partial charge in [0.25, 0.3) is 5.91 Å². The Bertz CT molecular complexity index is 1620. The number of hydrogen-bond donors (Lipinski definition) is 3. The molecule has 5 N–H and O–H groups in total. The number of aromatic amines is 1. The van der Waals surface area contributed by atoms with Crippen LogP contribution in [0, 0.1) is 11.8 Å². The Morgan fingerprint density at radius 1 is 1.00 bits per heavy atom. The number of nitrogens with one attached hydrogen (secondary N) is 1. The maximum Gasteiger partial charge on any atom is 0.251 e. The summed E-state index contributed by atoms with van der Waals surface area (Å²) >= 11 is 5.91. The van der Waals surface area contributed by atoms with Gasteiger partial charge < -0.3 is 26.1 Å². The average molecular weight is 696 g/mol. The molecule has 1 aliphatic rings. The molecule has 2 heterocycles. The van der Waals surface area contributed by atoms with Crippen LogP contribution in [0.3, 0.4) is 0 Å². The highest BCUT2D eigenvalue weighted by Gasteiger charge is 2.35. The number of halogens is 2. The number of nitrogens with zero attached hydrogens (tertiary/aromatic N) is 5. The summed E-state index contributed by atoms with van der Waals surface area (Å²) in [5.41, 5.74) is 16.4.